The van der Waals surface area contributed by atoms with Crippen LogP contribution in [0.2, 0.25) is 10.0 Å². The second-order valence-electron chi connectivity index (χ2n) is 4.62. The van der Waals surface area contributed by atoms with E-state index in [1.165, 1.54) is 19.2 Å². The Balaban J connectivity index is 2.24. The smallest absolute Gasteiger partial charge is 0.275 e. The molecule has 1 amide bonds. The van der Waals surface area contributed by atoms with Crippen LogP contribution in [-0.4, -0.2) is 23.8 Å². The van der Waals surface area contributed by atoms with Crippen molar-refractivity contribution in [1.29, 1.82) is 0 Å². The summed E-state index contributed by atoms with van der Waals surface area (Å²) in [5.41, 5.74) is 3.45. The van der Waals surface area contributed by atoms with E-state index < -0.39 is 5.91 Å². The molecule has 2 N–H and O–H groups in total. The van der Waals surface area contributed by atoms with Crippen molar-refractivity contribution in [3.05, 3.63) is 57.6 Å². The fourth-order valence-corrected chi connectivity index (χ4v) is 2.42. The van der Waals surface area contributed by atoms with Crippen LogP contribution >= 0.6 is 23.2 Å². The van der Waals surface area contributed by atoms with Gasteiger partial charge in [0.25, 0.3) is 5.91 Å². The third kappa shape index (κ3) is 3.94. The average molecular weight is 353 g/mol. The van der Waals surface area contributed by atoms with E-state index in [9.17, 15) is 9.90 Å². The van der Waals surface area contributed by atoms with E-state index in [1.54, 1.807) is 31.2 Å². The number of methoxy groups -OCH3 is 1. The van der Waals surface area contributed by atoms with Gasteiger partial charge < -0.3 is 9.84 Å². The molecule has 120 valence electrons. The van der Waals surface area contributed by atoms with E-state index in [4.69, 9.17) is 27.9 Å². The van der Waals surface area contributed by atoms with Gasteiger partial charge in [-0.1, -0.05) is 35.3 Å². The number of hydrogen-bond acceptors (Lipinski definition) is 4. The second kappa shape index (κ2) is 7.35. The number of carbonyl (C=O) groups is 1. The number of nitrogens with one attached hydrogen (secondary N) is 1. The lowest BCUT2D eigenvalue weighted by Gasteiger charge is -2.09. The van der Waals surface area contributed by atoms with Gasteiger partial charge in [0.2, 0.25) is 0 Å². The highest BCUT2D eigenvalue weighted by Crippen LogP contribution is 2.31. The predicted octanol–water partition coefficient (Wildman–Crippen LogP) is 3.86. The standard InChI is InChI=1S/C16H14Cl2N2O3/c1-9(12-7-10(17)8-13(18)15(12)21)19-20-16(22)11-5-3-4-6-14(11)23-2/h3-8,21H,1-2H3,(H,20,22)/b19-9+. The monoisotopic (exact) mass is 352 g/mol. The largest absolute Gasteiger partial charge is 0.506 e. The number of benzene rings is 2. The van der Waals surface area contributed by atoms with Gasteiger partial charge in [-0.2, -0.15) is 5.10 Å². The van der Waals surface area contributed by atoms with Gasteiger partial charge in [0.1, 0.15) is 11.5 Å². The van der Waals surface area contributed by atoms with Gasteiger partial charge in [-0.05, 0) is 31.2 Å². The Morgan fingerprint density at radius 2 is 1.91 bits per heavy atom. The molecule has 0 aliphatic heterocycles. The Kier molecular flexibility index (Phi) is 5.47. The summed E-state index contributed by atoms with van der Waals surface area (Å²) < 4.78 is 5.12. The van der Waals surface area contributed by atoms with Crippen LogP contribution in [0.25, 0.3) is 0 Å². The average Bonchev–Trinajstić information content (AvgIpc) is 2.55. The van der Waals surface area contributed by atoms with Crippen LogP contribution in [0.1, 0.15) is 22.8 Å². The number of rotatable bonds is 4. The first-order chi connectivity index (χ1) is 10.9. The lowest BCUT2D eigenvalue weighted by atomic mass is 10.1. The summed E-state index contributed by atoms with van der Waals surface area (Å²) in [6, 6.07) is 9.70. The summed E-state index contributed by atoms with van der Waals surface area (Å²) >= 11 is 11.8. The lowest BCUT2D eigenvalue weighted by molar-refractivity contribution is 0.0952. The normalized spacial score (nSPS) is 11.2. The SMILES string of the molecule is COc1ccccc1C(=O)N/N=C(\C)c1cc(Cl)cc(Cl)c1O. The molecule has 2 aromatic rings. The van der Waals surface area contributed by atoms with Crippen LogP contribution in [0, 0.1) is 0 Å². The number of aromatic hydroxyl groups is 1. The second-order valence-corrected chi connectivity index (χ2v) is 5.47. The number of phenolic OH excluding ortho intramolecular Hbond substituents is 1. The van der Waals surface area contributed by atoms with Crippen LogP contribution in [0.3, 0.4) is 0 Å². The number of carbonyl (C=O) groups excluding carboxylic acids is 1. The number of ether oxygens (including phenoxy) is 1. The fraction of sp³-hybridized carbons (Fsp3) is 0.125. The van der Waals surface area contributed by atoms with Crippen molar-refractivity contribution in [3.8, 4) is 11.5 Å². The molecule has 0 bridgehead atoms. The number of hydrazone groups is 1. The van der Waals surface area contributed by atoms with E-state index in [2.05, 4.69) is 10.5 Å². The lowest BCUT2D eigenvalue weighted by Crippen LogP contribution is -2.20. The van der Waals surface area contributed by atoms with Gasteiger partial charge >= 0.3 is 0 Å². The van der Waals surface area contributed by atoms with E-state index >= 15 is 0 Å². The first-order valence-electron chi connectivity index (χ1n) is 6.60. The predicted molar refractivity (Wildman–Crippen MR) is 90.8 cm³/mol. The minimum Gasteiger partial charge on any atom is -0.506 e. The maximum atomic E-state index is 12.2. The number of nitrogens with zero attached hydrogens (tertiary/aromatic N) is 1. The molecule has 0 unspecified atom stereocenters. The van der Waals surface area contributed by atoms with Gasteiger partial charge in [0.05, 0.1) is 23.4 Å². The molecule has 7 heteroatoms. The van der Waals surface area contributed by atoms with Gasteiger partial charge in [-0.25, -0.2) is 5.43 Å². The van der Waals surface area contributed by atoms with Crippen molar-refractivity contribution in [2.45, 2.75) is 6.92 Å². The molecule has 5 nitrogen and oxygen atoms in total. The highest BCUT2D eigenvalue weighted by Gasteiger charge is 2.13. The molecule has 0 aliphatic carbocycles. The molecular formula is C16H14Cl2N2O3. The Morgan fingerprint density at radius 3 is 2.61 bits per heavy atom. The molecule has 0 saturated heterocycles. The number of amides is 1. The molecule has 0 spiro atoms. The van der Waals surface area contributed by atoms with Crippen LogP contribution < -0.4 is 10.2 Å². The van der Waals surface area contributed by atoms with Crippen molar-refractivity contribution in [2.75, 3.05) is 7.11 Å². The van der Waals surface area contributed by atoms with Gasteiger partial charge in [0.15, 0.2) is 0 Å². The van der Waals surface area contributed by atoms with Crippen LogP contribution in [0.4, 0.5) is 0 Å². The van der Waals surface area contributed by atoms with E-state index in [0.717, 1.165) is 0 Å². The Morgan fingerprint density at radius 1 is 1.22 bits per heavy atom. The number of halogens is 2. The zero-order valence-electron chi connectivity index (χ0n) is 12.4. The molecular weight excluding hydrogens is 339 g/mol. The van der Waals surface area contributed by atoms with Crippen LogP contribution in [0.5, 0.6) is 11.5 Å². The van der Waals surface area contributed by atoms with E-state index in [-0.39, 0.29) is 10.8 Å². The topological polar surface area (TPSA) is 70.9 Å². The first kappa shape index (κ1) is 17.1. The van der Waals surface area contributed by atoms with Gasteiger partial charge in [-0.15, -0.1) is 0 Å². The van der Waals surface area contributed by atoms with Crippen molar-refractivity contribution < 1.29 is 14.6 Å². The van der Waals surface area contributed by atoms with Crippen molar-refractivity contribution in [2.24, 2.45) is 5.10 Å². The Hall–Kier alpha value is -2.24. The van der Waals surface area contributed by atoms with E-state index in [1.807, 2.05) is 0 Å². The summed E-state index contributed by atoms with van der Waals surface area (Å²) in [5, 5.41) is 14.4. The van der Waals surface area contributed by atoms with E-state index in [0.29, 0.717) is 27.6 Å². The van der Waals surface area contributed by atoms with Crippen molar-refractivity contribution >= 4 is 34.8 Å². The zero-order valence-corrected chi connectivity index (χ0v) is 13.9. The molecule has 2 aromatic carbocycles. The van der Waals surface area contributed by atoms with Crippen molar-refractivity contribution in [3.63, 3.8) is 0 Å². The molecule has 0 heterocycles. The summed E-state index contributed by atoms with van der Waals surface area (Å²) in [6.07, 6.45) is 0. The van der Waals surface area contributed by atoms with Crippen molar-refractivity contribution in [1.82, 2.24) is 5.43 Å². The molecule has 23 heavy (non-hydrogen) atoms. The number of hydrogen-bond donors (Lipinski definition) is 2. The summed E-state index contributed by atoms with van der Waals surface area (Å²) in [6.45, 7) is 1.62. The summed E-state index contributed by atoms with van der Waals surface area (Å²) in [7, 11) is 1.48. The summed E-state index contributed by atoms with van der Waals surface area (Å²) in [4.78, 5) is 12.2. The third-order valence-electron chi connectivity index (χ3n) is 3.09. The number of para-hydroxylation sites is 1. The summed E-state index contributed by atoms with van der Waals surface area (Å²) in [5.74, 6) is -0.148. The maximum Gasteiger partial charge on any atom is 0.275 e. The molecule has 0 aromatic heterocycles. The molecule has 0 radical (unpaired) electrons. The fourth-order valence-electron chi connectivity index (χ4n) is 1.93. The molecule has 0 atom stereocenters. The van der Waals surface area contributed by atoms with Gasteiger partial charge in [0, 0.05) is 10.6 Å². The molecule has 2 rings (SSSR count). The zero-order chi connectivity index (χ0) is 17.0. The van der Waals surface area contributed by atoms with Crippen LogP contribution in [-0.2, 0) is 0 Å². The highest BCUT2D eigenvalue weighted by atomic mass is 35.5. The Labute approximate surface area is 143 Å². The van der Waals surface area contributed by atoms with Gasteiger partial charge in [-0.3, -0.25) is 4.79 Å². The third-order valence-corrected chi connectivity index (χ3v) is 3.60. The Bertz CT molecular complexity index is 776. The maximum absolute atomic E-state index is 12.2. The van der Waals surface area contributed by atoms with Crippen LogP contribution in [0.15, 0.2) is 41.5 Å². The molecule has 0 fully saturated rings. The minimum absolute atomic E-state index is 0.109. The number of phenols is 1. The molecule has 0 saturated carbocycles. The first-order valence-corrected chi connectivity index (χ1v) is 7.35. The highest BCUT2D eigenvalue weighted by molar-refractivity contribution is 6.36. The quantitative estimate of drug-likeness (QED) is 0.648. The molecule has 0 aliphatic rings. The minimum atomic E-state index is -0.436.